The molecule has 2 N–H and O–H groups in total. The normalized spacial score (nSPS) is 12.0. The number of hydrogen-bond acceptors (Lipinski definition) is 3. The van der Waals surface area contributed by atoms with Gasteiger partial charge in [0, 0.05) is 17.6 Å². The fourth-order valence-electron chi connectivity index (χ4n) is 3.47. The molecule has 0 aliphatic rings. The Kier molecular flexibility index (Phi) is 6.78. The number of aliphatic hydroxyl groups is 1. The minimum absolute atomic E-state index is 0.0266. The van der Waals surface area contributed by atoms with Crippen LogP contribution in [0.15, 0.2) is 66.9 Å². The van der Waals surface area contributed by atoms with Crippen LogP contribution in [-0.2, 0) is 11.4 Å². The fraction of sp³-hybridized carbons (Fsp3) is 0.280. The third-order valence-electron chi connectivity index (χ3n) is 4.94. The molecule has 1 aromatic heterocycles. The van der Waals surface area contributed by atoms with Crippen molar-refractivity contribution in [3.8, 4) is 11.1 Å². The Bertz CT molecular complexity index is 965. The molecule has 0 bridgehead atoms. The van der Waals surface area contributed by atoms with Crippen molar-refractivity contribution in [2.45, 2.75) is 39.7 Å². The molecule has 4 heteroatoms. The van der Waals surface area contributed by atoms with Crippen LogP contribution in [0.2, 0.25) is 0 Å². The molecule has 3 rings (SSSR count). The number of aliphatic hydroxyl groups excluding tert-OH is 1. The number of aryl methyl sites for hydroxylation is 1. The zero-order valence-electron chi connectivity index (χ0n) is 17.2. The van der Waals surface area contributed by atoms with Gasteiger partial charge in [-0.3, -0.25) is 9.78 Å². The lowest BCUT2D eigenvalue weighted by atomic mass is 9.88. The van der Waals surface area contributed by atoms with Gasteiger partial charge in [-0.1, -0.05) is 50.2 Å². The quantitative estimate of drug-likeness (QED) is 0.576. The summed E-state index contributed by atoms with van der Waals surface area (Å²) in [5.41, 5.74) is 5.70. The standard InChI is InChI=1S/C25H28N2O2/c1-17(2)13-24(22-6-4-5-19(15-22)16-28)25(29)27-23-9-7-20(8-10-23)21-11-12-26-18(3)14-21/h4-12,14-15,17,24,28H,13,16H2,1-3H3,(H,27,29). The van der Waals surface area contributed by atoms with E-state index in [9.17, 15) is 9.90 Å². The summed E-state index contributed by atoms with van der Waals surface area (Å²) in [7, 11) is 0. The molecular weight excluding hydrogens is 360 g/mol. The first-order valence-corrected chi connectivity index (χ1v) is 10.00. The zero-order valence-corrected chi connectivity index (χ0v) is 17.2. The molecule has 0 aliphatic heterocycles. The third-order valence-corrected chi connectivity index (χ3v) is 4.94. The van der Waals surface area contributed by atoms with E-state index in [-0.39, 0.29) is 18.4 Å². The molecule has 1 atom stereocenters. The molecule has 1 unspecified atom stereocenters. The van der Waals surface area contributed by atoms with Gasteiger partial charge in [0.15, 0.2) is 0 Å². The van der Waals surface area contributed by atoms with Crippen LogP contribution < -0.4 is 5.32 Å². The maximum absolute atomic E-state index is 13.1. The van der Waals surface area contributed by atoms with E-state index in [1.165, 1.54) is 0 Å². The van der Waals surface area contributed by atoms with Crippen molar-refractivity contribution in [1.82, 2.24) is 4.98 Å². The van der Waals surface area contributed by atoms with Gasteiger partial charge >= 0.3 is 0 Å². The molecule has 1 heterocycles. The highest BCUT2D eigenvalue weighted by molar-refractivity contribution is 5.96. The van der Waals surface area contributed by atoms with E-state index in [1.54, 1.807) is 6.20 Å². The van der Waals surface area contributed by atoms with Gasteiger partial charge in [-0.15, -0.1) is 0 Å². The summed E-state index contributed by atoms with van der Waals surface area (Å²) in [5.74, 6) is 0.0890. The number of carbonyl (C=O) groups excluding carboxylic acids is 1. The molecule has 1 amide bonds. The zero-order chi connectivity index (χ0) is 20.8. The maximum atomic E-state index is 13.1. The van der Waals surface area contributed by atoms with Gasteiger partial charge in [-0.05, 0) is 65.8 Å². The van der Waals surface area contributed by atoms with E-state index in [0.717, 1.165) is 40.1 Å². The van der Waals surface area contributed by atoms with Crippen LogP contribution >= 0.6 is 0 Å². The highest BCUT2D eigenvalue weighted by Gasteiger charge is 2.22. The Balaban J connectivity index is 1.78. The smallest absolute Gasteiger partial charge is 0.231 e. The van der Waals surface area contributed by atoms with E-state index in [2.05, 4.69) is 24.1 Å². The van der Waals surface area contributed by atoms with Crippen LogP contribution in [0.5, 0.6) is 0 Å². The van der Waals surface area contributed by atoms with Crippen molar-refractivity contribution in [2.24, 2.45) is 5.92 Å². The number of nitrogens with one attached hydrogen (secondary N) is 1. The first kappa shape index (κ1) is 20.7. The first-order chi connectivity index (χ1) is 14.0. The topological polar surface area (TPSA) is 62.2 Å². The highest BCUT2D eigenvalue weighted by atomic mass is 16.3. The average Bonchev–Trinajstić information content (AvgIpc) is 2.72. The number of anilines is 1. The lowest BCUT2D eigenvalue weighted by Gasteiger charge is -2.20. The fourth-order valence-corrected chi connectivity index (χ4v) is 3.47. The molecule has 0 saturated carbocycles. The van der Waals surface area contributed by atoms with Crippen LogP contribution in [0.25, 0.3) is 11.1 Å². The second-order valence-electron chi connectivity index (χ2n) is 7.84. The molecule has 3 aromatic rings. The highest BCUT2D eigenvalue weighted by Crippen LogP contribution is 2.27. The molecule has 0 radical (unpaired) electrons. The van der Waals surface area contributed by atoms with Crippen LogP contribution in [-0.4, -0.2) is 16.0 Å². The number of aromatic nitrogens is 1. The van der Waals surface area contributed by atoms with E-state index in [0.29, 0.717) is 5.92 Å². The molecule has 0 spiro atoms. The third kappa shape index (κ3) is 5.52. The van der Waals surface area contributed by atoms with Crippen LogP contribution in [0, 0.1) is 12.8 Å². The van der Waals surface area contributed by atoms with E-state index >= 15 is 0 Å². The number of rotatable bonds is 7. The summed E-state index contributed by atoms with van der Waals surface area (Å²) in [6, 6.07) is 19.5. The minimum atomic E-state index is -0.260. The Morgan fingerprint density at radius 2 is 1.79 bits per heavy atom. The number of amides is 1. The molecule has 0 aliphatic carbocycles. The average molecular weight is 389 g/mol. The molecule has 2 aromatic carbocycles. The van der Waals surface area contributed by atoms with Gasteiger partial charge in [0.05, 0.1) is 12.5 Å². The predicted molar refractivity (Wildman–Crippen MR) is 118 cm³/mol. The molecule has 4 nitrogen and oxygen atoms in total. The summed E-state index contributed by atoms with van der Waals surface area (Å²) in [6.45, 7) is 6.17. The van der Waals surface area contributed by atoms with Crippen molar-refractivity contribution < 1.29 is 9.90 Å². The van der Waals surface area contributed by atoms with Crippen molar-refractivity contribution >= 4 is 11.6 Å². The minimum Gasteiger partial charge on any atom is -0.392 e. The predicted octanol–water partition coefficient (Wildman–Crippen LogP) is 5.32. The molecular formula is C25H28N2O2. The molecule has 29 heavy (non-hydrogen) atoms. The second-order valence-corrected chi connectivity index (χ2v) is 7.84. The van der Waals surface area contributed by atoms with Crippen molar-refractivity contribution in [3.63, 3.8) is 0 Å². The van der Waals surface area contributed by atoms with Crippen molar-refractivity contribution in [2.75, 3.05) is 5.32 Å². The van der Waals surface area contributed by atoms with Gasteiger partial charge in [0.25, 0.3) is 0 Å². The van der Waals surface area contributed by atoms with E-state index < -0.39 is 0 Å². The molecule has 150 valence electrons. The van der Waals surface area contributed by atoms with Gasteiger partial charge in [0.1, 0.15) is 0 Å². The molecule has 0 saturated heterocycles. The summed E-state index contributed by atoms with van der Waals surface area (Å²) in [4.78, 5) is 17.3. The summed E-state index contributed by atoms with van der Waals surface area (Å²) >= 11 is 0. The lowest BCUT2D eigenvalue weighted by Crippen LogP contribution is -2.22. The monoisotopic (exact) mass is 388 g/mol. The summed E-state index contributed by atoms with van der Waals surface area (Å²) in [5, 5.41) is 12.5. The van der Waals surface area contributed by atoms with Crippen molar-refractivity contribution in [3.05, 3.63) is 83.7 Å². The van der Waals surface area contributed by atoms with E-state index in [4.69, 9.17) is 0 Å². The Morgan fingerprint density at radius 3 is 2.45 bits per heavy atom. The summed E-state index contributed by atoms with van der Waals surface area (Å²) < 4.78 is 0. The number of pyridine rings is 1. The maximum Gasteiger partial charge on any atom is 0.231 e. The van der Waals surface area contributed by atoms with Crippen LogP contribution in [0.3, 0.4) is 0 Å². The second kappa shape index (κ2) is 9.48. The Labute approximate surface area is 172 Å². The van der Waals surface area contributed by atoms with Gasteiger partial charge in [-0.2, -0.15) is 0 Å². The SMILES string of the molecule is Cc1cc(-c2ccc(NC(=O)C(CC(C)C)c3cccc(CO)c3)cc2)ccn1. The lowest BCUT2D eigenvalue weighted by molar-refractivity contribution is -0.117. The Morgan fingerprint density at radius 1 is 1.03 bits per heavy atom. The van der Waals surface area contributed by atoms with E-state index in [1.807, 2.05) is 67.6 Å². The van der Waals surface area contributed by atoms with Crippen molar-refractivity contribution in [1.29, 1.82) is 0 Å². The van der Waals surface area contributed by atoms with Crippen LogP contribution in [0.4, 0.5) is 5.69 Å². The molecule has 0 fully saturated rings. The Hall–Kier alpha value is -2.98. The van der Waals surface area contributed by atoms with Gasteiger partial charge in [0.2, 0.25) is 5.91 Å². The number of nitrogens with zero attached hydrogens (tertiary/aromatic N) is 1. The number of carbonyl (C=O) groups is 1. The van der Waals surface area contributed by atoms with Gasteiger partial charge < -0.3 is 10.4 Å². The number of hydrogen-bond donors (Lipinski definition) is 2. The summed E-state index contributed by atoms with van der Waals surface area (Å²) in [6.07, 6.45) is 2.55. The first-order valence-electron chi connectivity index (χ1n) is 10.00. The van der Waals surface area contributed by atoms with Crippen LogP contribution in [0.1, 0.15) is 43.0 Å². The van der Waals surface area contributed by atoms with Gasteiger partial charge in [-0.25, -0.2) is 0 Å². The largest absolute Gasteiger partial charge is 0.392 e. The number of benzene rings is 2.